The molecule has 1 aromatic rings. The summed E-state index contributed by atoms with van der Waals surface area (Å²) in [4.78, 5) is 25.5. The lowest BCUT2D eigenvalue weighted by atomic mass is 9.83. The summed E-state index contributed by atoms with van der Waals surface area (Å²) in [5, 5.41) is 11.7. The first-order chi connectivity index (χ1) is 8.08. The van der Waals surface area contributed by atoms with Crippen LogP contribution >= 0.6 is 0 Å². The van der Waals surface area contributed by atoms with E-state index in [2.05, 4.69) is 10.3 Å². The Morgan fingerprint density at radius 2 is 2.24 bits per heavy atom. The van der Waals surface area contributed by atoms with Crippen molar-refractivity contribution in [2.75, 3.05) is 5.32 Å². The van der Waals surface area contributed by atoms with E-state index in [-0.39, 0.29) is 11.5 Å². The number of carboxylic acid groups (broad SMARTS) is 1. The molecule has 1 amide bonds. The Hall–Kier alpha value is -1.78. The molecule has 5 heteroatoms. The van der Waals surface area contributed by atoms with Gasteiger partial charge in [0.05, 0.1) is 5.69 Å². The highest BCUT2D eigenvalue weighted by Gasteiger charge is 2.22. The van der Waals surface area contributed by atoms with E-state index in [1.54, 1.807) is 6.92 Å². The Balaban J connectivity index is 2.02. The summed E-state index contributed by atoms with van der Waals surface area (Å²) in [7, 11) is 0. The predicted octanol–water partition coefficient (Wildman–Crippen LogP) is 2.15. The molecule has 0 aliphatic heterocycles. The standard InChI is InChI=1S/C12H16N2O3/c1-7-11(12(16)17)9(6-13-7)14-10(15)5-8-3-2-4-8/h6,8,13H,2-5H2,1H3,(H,14,15)(H,16,17). The molecule has 5 nitrogen and oxygen atoms in total. The maximum Gasteiger partial charge on any atom is 0.339 e. The first-order valence-electron chi connectivity index (χ1n) is 5.79. The second kappa shape index (κ2) is 4.61. The molecule has 1 saturated carbocycles. The quantitative estimate of drug-likeness (QED) is 0.749. The lowest BCUT2D eigenvalue weighted by Gasteiger charge is -2.24. The zero-order chi connectivity index (χ0) is 12.4. The number of hydrogen-bond acceptors (Lipinski definition) is 2. The molecule has 0 atom stereocenters. The average Bonchev–Trinajstić information content (AvgIpc) is 2.53. The largest absolute Gasteiger partial charge is 0.478 e. The normalized spacial score (nSPS) is 15.4. The fourth-order valence-electron chi connectivity index (χ4n) is 2.06. The molecule has 1 heterocycles. The van der Waals surface area contributed by atoms with Crippen LogP contribution in [0.15, 0.2) is 6.20 Å². The molecule has 0 radical (unpaired) electrons. The Kier molecular flexibility index (Phi) is 3.17. The van der Waals surface area contributed by atoms with Crippen molar-refractivity contribution in [3.8, 4) is 0 Å². The van der Waals surface area contributed by atoms with Crippen LogP contribution in [-0.2, 0) is 4.79 Å². The SMILES string of the molecule is Cc1[nH]cc(NC(=O)CC2CCC2)c1C(=O)O. The predicted molar refractivity (Wildman–Crippen MR) is 63.1 cm³/mol. The molecule has 3 N–H and O–H groups in total. The van der Waals surface area contributed by atoms with Crippen molar-refractivity contribution in [1.82, 2.24) is 4.98 Å². The summed E-state index contributed by atoms with van der Waals surface area (Å²) in [5.74, 6) is -0.651. The van der Waals surface area contributed by atoms with Gasteiger partial charge in [0.25, 0.3) is 0 Å². The fraction of sp³-hybridized carbons (Fsp3) is 0.500. The van der Waals surface area contributed by atoms with Gasteiger partial charge in [0.15, 0.2) is 0 Å². The summed E-state index contributed by atoms with van der Waals surface area (Å²) in [6.45, 7) is 1.67. The molecule has 0 unspecified atom stereocenters. The molecule has 2 rings (SSSR count). The van der Waals surface area contributed by atoms with Gasteiger partial charge < -0.3 is 15.4 Å². The van der Waals surface area contributed by atoms with Crippen LogP contribution in [0.1, 0.15) is 41.7 Å². The monoisotopic (exact) mass is 236 g/mol. The van der Waals surface area contributed by atoms with E-state index in [9.17, 15) is 9.59 Å². The number of hydrogen-bond donors (Lipinski definition) is 3. The topological polar surface area (TPSA) is 82.2 Å². The van der Waals surface area contributed by atoms with Crippen molar-refractivity contribution in [2.45, 2.75) is 32.6 Å². The minimum atomic E-state index is -1.03. The number of carboxylic acids is 1. The van der Waals surface area contributed by atoms with E-state index < -0.39 is 5.97 Å². The number of aromatic nitrogens is 1. The van der Waals surface area contributed by atoms with Gasteiger partial charge in [-0.25, -0.2) is 4.79 Å². The highest BCUT2D eigenvalue weighted by atomic mass is 16.4. The van der Waals surface area contributed by atoms with Crippen LogP contribution in [0.3, 0.4) is 0 Å². The van der Waals surface area contributed by atoms with E-state index in [0.717, 1.165) is 12.8 Å². The molecule has 0 spiro atoms. The summed E-state index contributed by atoms with van der Waals surface area (Å²) in [6, 6.07) is 0. The van der Waals surface area contributed by atoms with Gasteiger partial charge in [0, 0.05) is 18.3 Å². The van der Waals surface area contributed by atoms with E-state index in [1.807, 2.05) is 0 Å². The molecule has 1 fully saturated rings. The van der Waals surface area contributed by atoms with Gasteiger partial charge in [-0.15, -0.1) is 0 Å². The number of anilines is 1. The number of H-pyrrole nitrogens is 1. The molecule has 17 heavy (non-hydrogen) atoms. The Labute approximate surface area is 99.2 Å². The molecule has 0 saturated heterocycles. The van der Waals surface area contributed by atoms with Crippen molar-refractivity contribution in [1.29, 1.82) is 0 Å². The number of carbonyl (C=O) groups excluding carboxylic acids is 1. The van der Waals surface area contributed by atoms with Crippen LogP contribution in [0, 0.1) is 12.8 Å². The number of amides is 1. The number of aromatic amines is 1. The van der Waals surface area contributed by atoms with Crippen molar-refractivity contribution in [3.63, 3.8) is 0 Å². The number of rotatable bonds is 4. The Morgan fingerprint density at radius 3 is 2.76 bits per heavy atom. The summed E-state index contributed by atoms with van der Waals surface area (Å²) < 4.78 is 0. The number of aryl methyl sites for hydroxylation is 1. The van der Waals surface area contributed by atoms with Crippen molar-refractivity contribution in [2.24, 2.45) is 5.92 Å². The molecule has 1 aromatic heterocycles. The minimum Gasteiger partial charge on any atom is -0.478 e. The van der Waals surface area contributed by atoms with E-state index >= 15 is 0 Å². The Bertz CT molecular complexity index is 447. The third-order valence-electron chi connectivity index (χ3n) is 3.26. The van der Waals surface area contributed by atoms with Gasteiger partial charge in [-0.05, 0) is 25.7 Å². The summed E-state index contributed by atoms with van der Waals surface area (Å²) in [6.07, 6.45) is 5.42. The van der Waals surface area contributed by atoms with Gasteiger partial charge >= 0.3 is 5.97 Å². The van der Waals surface area contributed by atoms with Crippen LogP contribution in [0.25, 0.3) is 0 Å². The molecule has 92 valence electrons. The lowest BCUT2D eigenvalue weighted by Crippen LogP contribution is -2.21. The van der Waals surface area contributed by atoms with Gasteiger partial charge in [-0.1, -0.05) is 6.42 Å². The van der Waals surface area contributed by atoms with E-state index in [0.29, 0.717) is 23.7 Å². The van der Waals surface area contributed by atoms with Gasteiger partial charge in [-0.3, -0.25) is 4.79 Å². The number of carbonyl (C=O) groups is 2. The maximum absolute atomic E-state index is 11.7. The van der Waals surface area contributed by atoms with Crippen LogP contribution in [0.4, 0.5) is 5.69 Å². The van der Waals surface area contributed by atoms with Crippen LogP contribution < -0.4 is 5.32 Å². The zero-order valence-electron chi connectivity index (χ0n) is 9.75. The molecular formula is C12H16N2O3. The van der Waals surface area contributed by atoms with E-state index in [1.165, 1.54) is 12.6 Å². The second-order valence-corrected chi connectivity index (χ2v) is 4.56. The van der Waals surface area contributed by atoms with Crippen molar-refractivity contribution < 1.29 is 14.7 Å². The molecular weight excluding hydrogens is 220 g/mol. The van der Waals surface area contributed by atoms with Gasteiger partial charge in [0.2, 0.25) is 5.91 Å². The summed E-state index contributed by atoms with van der Waals surface area (Å²) in [5.41, 5.74) is 1.06. The van der Waals surface area contributed by atoms with Gasteiger partial charge in [0.1, 0.15) is 5.56 Å². The van der Waals surface area contributed by atoms with E-state index in [4.69, 9.17) is 5.11 Å². The number of aromatic carboxylic acids is 1. The second-order valence-electron chi connectivity index (χ2n) is 4.56. The van der Waals surface area contributed by atoms with Crippen LogP contribution in [-0.4, -0.2) is 22.0 Å². The fourth-order valence-corrected chi connectivity index (χ4v) is 2.06. The maximum atomic E-state index is 11.7. The third kappa shape index (κ3) is 2.49. The minimum absolute atomic E-state index is 0.101. The van der Waals surface area contributed by atoms with Crippen molar-refractivity contribution >= 4 is 17.6 Å². The Morgan fingerprint density at radius 1 is 1.53 bits per heavy atom. The first kappa shape index (κ1) is 11.7. The molecule has 0 bridgehead atoms. The van der Waals surface area contributed by atoms with Crippen LogP contribution in [0.2, 0.25) is 0 Å². The van der Waals surface area contributed by atoms with Gasteiger partial charge in [-0.2, -0.15) is 0 Å². The molecule has 0 aromatic carbocycles. The van der Waals surface area contributed by atoms with Crippen molar-refractivity contribution in [3.05, 3.63) is 17.5 Å². The number of nitrogens with one attached hydrogen (secondary N) is 2. The lowest BCUT2D eigenvalue weighted by molar-refractivity contribution is -0.117. The smallest absolute Gasteiger partial charge is 0.339 e. The third-order valence-corrected chi connectivity index (χ3v) is 3.26. The summed E-state index contributed by atoms with van der Waals surface area (Å²) >= 11 is 0. The zero-order valence-corrected chi connectivity index (χ0v) is 9.75. The molecule has 1 aliphatic rings. The highest BCUT2D eigenvalue weighted by Crippen LogP contribution is 2.30. The van der Waals surface area contributed by atoms with Crippen LogP contribution in [0.5, 0.6) is 0 Å². The molecule has 1 aliphatic carbocycles. The first-order valence-corrected chi connectivity index (χ1v) is 5.79. The highest BCUT2D eigenvalue weighted by molar-refractivity contribution is 6.01. The average molecular weight is 236 g/mol.